The van der Waals surface area contributed by atoms with Crippen molar-refractivity contribution in [1.29, 1.82) is 0 Å². The summed E-state index contributed by atoms with van der Waals surface area (Å²) >= 11 is 0. The Bertz CT molecular complexity index is 262. The average molecular weight is 320 g/mol. The molecule has 0 fully saturated rings. The molecule has 0 aromatic rings. The van der Waals surface area contributed by atoms with Crippen LogP contribution in [0.3, 0.4) is 0 Å². The minimum absolute atomic E-state index is 0.171. The molecule has 0 bridgehead atoms. The highest BCUT2D eigenvalue weighted by Crippen LogP contribution is 2.08. The van der Waals surface area contributed by atoms with Gasteiger partial charge < -0.3 is 24.1 Å². The molecule has 0 aromatic heterocycles. The Morgan fingerprint density at radius 1 is 0.818 bits per heavy atom. The van der Waals surface area contributed by atoms with Crippen molar-refractivity contribution in [3.05, 3.63) is 0 Å². The lowest BCUT2D eigenvalue weighted by molar-refractivity contribution is -0.156. The van der Waals surface area contributed by atoms with Crippen molar-refractivity contribution in [2.24, 2.45) is 0 Å². The van der Waals surface area contributed by atoms with Gasteiger partial charge >= 0.3 is 5.97 Å². The number of carbonyl (C=O) groups is 1. The molecule has 0 rings (SSSR count). The Hall–Kier alpha value is -0.690. The van der Waals surface area contributed by atoms with Crippen LogP contribution >= 0.6 is 0 Å². The maximum absolute atomic E-state index is 11.4. The zero-order valence-corrected chi connectivity index (χ0v) is 14.3. The van der Waals surface area contributed by atoms with Crippen LogP contribution in [0.15, 0.2) is 0 Å². The molecule has 0 atom stereocenters. The van der Waals surface area contributed by atoms with Crippen LogP contribution in [0.1, 0.15) is 46.5 Å². The number of aliphatic hydroxyl groups excluding tert-OH is 1. The molecule has 0 aliphatic heterocycles. The van der Waals surface area contributed by atoms with Crippen molar-refractivity contribution in [1.82, 2.24) is 0 Å². The summed E-state index contributed by atoms with van der Waals surface area (Å²) in [6.45, 7) is 9.24. The van der Waals surface area contributed by atoms with Gasteiger partial charge in [-0.05, 0) is 40.0 Å². The van der Waals surface area contributed by atoms with Crippen LogP contribution in [0.2, 0.25) is 0 Å². The molecular weight excluding hydrogens is 288 g/mol. The van der Waals surface area contributed by atoms with E-state index in [1.807, 2.05) is 20.8 Å². The number of aliphatic hydroxyl groups is 1. The molecule has 0 unspecified atom stereocenters. The maximum atomic E-state index is 11.4. The zero-order chi connectivity index (χ0) is 16.7. The first kappa shape index (κ1) is 21.3. The molecule has 6 nitrogen and oxygen atoms in total. The lowest BCUT2D eigenvalue weighted by Gasteiger charge is -2.19. The van der Waals surface area contributed by atoms with E-state index in [9.17, 15) is 4.79 Å². The molecule has 0 aliphatic rings. The van der Waals surface area contributed by atoms with E-state index >= 15 is 0 Å². The van der Waals surface area contributed by atoms with Crippen LogP contribution in [0.4, 0.5) is 0 Å². The average Bonchev–Trinajstić information content (AvgIpc) is 2.42. The van der Waals surface area contributed by atoms with Gasteiger partial charge in [-0.3, -0.25) is 4.79 Å². The maximum Gasteiger partial charge on any atom is 0.308 e. The highest BCUT2D eigenvalue weighted by molar-refractivity contribution is 5.69. The first-order valence-electron chi connectivity index (χ1n) is 8.01. The molecule has 132 valence electrons. The van der Waals surface area contributed by atoms with E-state index in [2.05, 4.69) is 0 Å². The third-order valence-electron chi connectivity index (χ3n) is 2.47. The summed E-state index contributed by atoms with van der Waals surface area (Å²) < 4.78 is 21.3. The number of carbonyl (C=O) groups excluding carboxylic acids is 1. The van der Waals surface area contributed by atoms with Crippen LogP contribution in [-0.4, -0.2) is 62.9 Å². The van der Waals surface area contributed by atoms with Gasteiger partial charge in [0, 0.05) is 39.6 Å². The molecular formula is C16H32O6. The standard InChI is InChI=1S/C16H32O6/c1-16(2,3)22-15(18)7-14-21-13-6-12-20-11-5-10-19-9-4-8-17/h17H,4-14H2,1-3H3. The van der Waals surface area contributed by atoms with E-state index in [0.29, 0.717) is 46.1 Å². The van der Waals surface area contributed by atoms with Crippen molar-refractivity contribution >= 4 is 5.97 Å². The molecule has 0 aromatic carbocycles. The van der Waals surface area contributed by atoms with E-state index in [4.69, 9.17) is 24.1 Å². The summed E-state index contributed by atoms with van der Waals surface area (Å²) in [4.78, 5) is 11.4. The van der Waals surface area contributed by atoms with Gasteiger partial charge in [0.25, 0.3) is 0 Å². The molecule has 0 saturated carbocycles. The lowest BCUT2D eigenvalue weighted by Crippen LogP contribution is -2.24. The number of hydrogen-bond donors (Lipinski definition) is 1. The highest BCUT2D eigenvalue weighted by Gasteiger charge is 2.15. The molecule has 0 radical (unpaired) electrons. The first-order valence-corrected chi connectivity index (χ1v) is 8.01. The topological polar surface area (TPSA) is 74.2 Å². The Kier molecular flexibility index (Phi) is 13.5. The number of esters is 1. The van der Waals surface area contributed by atoms with Crippen molar-refractivity contribution in [2.45, 2.75) is 52.1 Å². The molecule has 6 heteroatoms. The Balaban J connectivity index is 3.16. The first-order chi connectivity index (χ1) is 10.5. The molecule has 0 heterocycles. The monoisotopic (exact) mass is 320 g/mol. The molecule has 22 heavy (non-hydrogen) atoms. The highest BCUT2D eigenvalue weighted by atomic mass is 16.6. The fourth-order valence-corrected chi connectivity index (χ4v) is 1.55. The van der Waals surface area contributed by atoms with E-state index in [0.717, 1.165) is 12.8 Å². The quantitative estimate of drug-likeness (QED) is 0.389. The SMILES string of the molecule is CC(C)(C)OC(=O)CCOCCCOCCCOCCCO. The number of hydrogen-bond acceptors (Lipinski definition) is 6. The number of ether oxygens (including phenoxy) is 4. The normalized spacial score (nSPS) is 11.6. The number of rotatable bonds is 14. The minimum atomic E-state index is -0.438. The summed E-state index contributed by atoms with van der Waals surface area (Å²) in [6.07, 6.45) is 2.62. The van der Waals surface area contributed by atoms with Crippen LogP contribution in [0.25, 0.3) is 0 Å². The van der Waals surface area contributed by atoms with Gasteiger partial charge in [-0.2, -0.15) is 0 Å². The second-order valence-electron chi connectivity index (χ2n) is 5.96. The second kappa shape index (κ2) is 13.9. The van der Waals surface area contributed by atoms with Crippen molar-refractivity contribution in [2.75, 3.05) is 46.2 Å². The molecule has 0 saturated heterocycles. The summed E-state index contributed by atoms with van der Waals surface area (Å²) in [5.41, 5.74) is -0.438. The van der Waals surface area contributed by atoms with Crippen molar-refractivity contribution in [3.8, 4) is 0 Å². The van der Waals surface area contributed by atoms with Crippen LogP contribution in [0, 0.1) is 0 Å². The van der Waals surface area contributed by atoms with Crippen molar-refractivity contribution < 1.29 is 28.8 Å². The molecule has 1 N–H and O–H groups in total. The van der Waals surface area contributed by atoms with Gasteiger partial charge in [-0.15, -0.1) is 0 Å². The lowest BCUT2D eigenvalue weighted by atomic mass is 10.2. The largest absolute Gasteiger partial charge is 0.460 e. The van der Waals surface area contributed by atoms with Gasteiger partial charge in [0.1, 0.15) is 5.60 Å². The second-order valence-corrected chi connectivity index (χ2v) is 5.96. The summed E-state index contributed by atoms with van der Waals surface area (Å²) in [6, 6.07) is 0. The van der Waals surface area contributed by atoms with Gasteiger partial charge in [0.2, 0.25) is 0 Å². The fraction of sp³-hybridized carbons (Fsp3) is 0.938. The Morgan fingerprint density at radius 3 is 1.73 bits per heavy atom. The third-order valence-corrected chi connectivity index (χ3v) is 2.47. The minimum Gasteiger partial charge on any atom is -0.460 e. The summed E-state index contributed by atoms with van der Waals surface area (Å²) in [7, 11) is 0. The third kappa shape index (κ3) is 17.4. The summed E-state index contributed by atoms with van der Waals surface area (Å²) in [5, 5.41) is 8.57. The van der Waals surface area contributed by atoms with Crippen LogP contribution in [-0.2, 0) is 23.7 Å². The smallest absolute Gasteiger partial charge is 0.308 e. The molecule has 0 aliphatic carbocycles. The Labute approximate surface area is 134 Å². The van der Waals surface area contributed by atoms with Crippen LogP contribution < -0.4 is 0 Å². The van der Waals surface area contributed by atoms with Crippen molar-refractivity contribution in [3.63, 3.8) is 0 Å². The predicted octanol–water partition coefficient (Wildman–Crippen LogP) is 1.93. The molecule has 0 amide bonds. The van der Waals surface area contributed by atoms with E-state index < -0.39 is 5.60 Å². The van der Waals surface area contributed by atoms with Gasteiger partial charge in [-0.1, -0.05) is 0 Å². The van der Waals surface area contributed by atoms with E-state index in [1.54, 1.807) is 0 Å². The predicted molar refractivity (Wildman–Crippen MR) is 83.9 cm³/mol. The van der Waals surface area contributed by atoms with Gasteiger partial charge in [-0.25, -0.2) is 0 Å². The fourth-order valence-electron chi connectivity index (χ4n) is 1.55. The summed E-state index contributed by atoms with van der Waals surface area (Å²) in [5.74, 6) is -0.232. The molecule has 0 spiro atoms. The zero-order valence-electron chi connectivity index (χ0n) is 14.3. The van der Waals surface area contributed by atoms with E-state index in [-0.39, 0.29) is 19.0 Å². The van der Waals surface area contributed by atoms with E-state index in [1.165, 1.54) is 0 Å². The Morgan fingerprint density at radius 2 is 1.27 bits per heavy atom. The van der Waals surface area contributed by atoms with Crippen LogP contribution in [0.5, 0.6) is 0 Å². The van der Waals surface area contributed by atoms with Gasteiger partial charge in [0.15, 0.2) is 0 Å². The van der Waals surface area contributed by atoms with Gasteiger partial charge in [0.05, 0.1) is 13.0 Å².